The maximum atomic E-state index is 5.33. The highest BCUT2D eigenvalue weighted by atomic mass is 16.5. The van der Waals surface area contributed by atoms with Crippen molar-refractivity contribution in [2.75, 3.05) is 19.1 Å². The third-order valence-electron chi connectivity index (χ3n) is 3.38. The van der Waals surface area contributed by atoms with E-state index in [1.54, 1.807) is 7.11 Å². The van der Waals surface area contributed by atoms with Crippen LogP contribution in [0.3, 0.4) is 0 Å². The minimum atomic E-state index is 0.513. The van der Waals surface area contributed by atoms with Crippen LogP contribution in [-0.2, 0) is 6.54 Å². The normalized spacial score (nSPS) is 10.5. The standard InChI is InChI=1S/C17H17N3O2/c1-20(14-6-4-3-5-7-14)12-16-18-17(22-19-16)13-8-10-15(21-2)11-9-13/h3-11H,12H2,1-2H3. The van der Waals surface area contributed by atoms with E-state index in [0.717, 1.165) is 17.0 Å². The Morgan fingerprint density at radius 1 is 1.05 bits per heavy atom. The molecule has 112 valence electrons. The average molecular weight is 295 g/mol. The monoisotopic (exact) mass is 295 g/mol. The number of benzene rings is 2. The van der Waals surface area contributed by atoms with Gasteiger partial charge >= 0.3 is 0 Å². The van der Waals surface area contributed by atoms with Crippen molar-refractivity contribution in [2.24, 2.45) is 0 Å². The molecule has 0 fully saturated rings. The van der Waals surface area contributed by atoms with Gasteiger partial charge in [0.15, 0.2) is 5.82 Å². The van der Waals surface area contributed by atoms with Crippen molar-refractivity contribution >= 4 is 5.69 Å². The number of para-hydroxylation sites is 1. The van der Waals surface area contributed by atoms with Crippen molar-refractivity contribution in [3.8, 4) is 17.2 Å². The van der Waals surface area contributed by atoms with Crippen LogP contribution in [0.4, 0.5) is 5.69 Å². The van der Waals surface area contributed by atoms with Gasteiger partial charge in [0, 0.05) is 18.3 Å². The Hall–Kier alpha value is -2.82. The van der Waals surface area contributed by atoms with Gasteiger partial charge in [0.05, 0.1) is 13.7 Å². The average Bonchev–Trinajstić information content (AvgIpc) is 3.04. The first-order chi connectivity index (χ1) is 10.8. The molecule has 3 aromatic rings. The van der Waals surface area contributed by atoms with E-state index in [1.165, 1.54) is 0 Å². The van der Waals surface area contributed by atoms with E-state index in [1.807, 2.05) is 61.6 Å². The highest BCUT2D eigenvalue weighted by Crippen LogP contribution is 2.21. The number of hydrogen-bond acceptors (Lipinski definition) is 5. The summed E-state index contributed by atoms with van der Waals surface area (Å²) in [5, 5.41) is 4.04. The molecular weight excluding hydrogens is 278 g/mol. The minimum absolute atomic E-state index is 0.513. The second-order valence-electron chi connectivity index (χ2n) is 4.94. The first kappa shape index (κ1) is 14.1. The molecule has 0 aliphatic carbocycles. The molecule has 0 bridgehead atoms. The predicted molar refractivity (Wildman–Crippen MR) is 84.8 cm³/mol. The van der Waals surface area contributed by atoms with Gasteiger partial charge in [0.1, 0.15) is 5.75 Å². The van der Waals surface area contributed by atoms with E-state index < -0.39 is 0 Å². The van der Waals surface area contributed by atoms with Gasteiger partial charge in [0.2, 0.25) is 0 Å². The molecule has 0 unspecified atom stereocenters. The largest absolute Gasteiger partial charge is 0.497 e. The summed E-state index contributed by atoms with van der Waals surface area (Å²) in [4.78, 5) is 6.51. The molecule has 0 N–H and O–H groups in total. The van der Waals surface area contributed by atoms with E-state index in [2.05, 4.69) is 15.0 Å². The van der Waals surface area contributed by atoms with E-state index in [9.17, 15) is 0 Å². The van der Waals surface area contributed by atoms with Crippen LogP contribution in [0.1, 0.15) is 5.82 Å². The molecule has 0 atom stereocenters. The Morgan fingerprint density at radius 3 is 2.45 bits per heavy atom. The lowest BCUT2D eigenvalue weighted by Gasteiger charge is -2.16. The van der Waals surface area contributed by atoms with E-state index in [0.29, 0.717) is 18.3 Å². The van der Waals surface area contributed by atoms with Crippen LogP contribution in [0.15, 0.2) is 59.1 Å². The Morgan fingerprint density at radius 2 is 1.77 bits per heavy atom. The number of anilines is 1. The highest BCUT2D eigenvalue weighted by Gasteiger charge is 2.11. The second kappa shape index (κ2) is 6.30. The van der Waals surface area contributed by atoms with Gasteiger partial charge in [-0.2, -0.15) is 4.98 Å². The van der Waals surface area contributed by atoms with Crippen molar-refractivity contribution in [1.29, 1.82) is 0 Å². The third-order valence-corrected chi connectivity index (χ3v) is 3.38. The summed E-state index contributed by atoms with van der Waals surface area (Å²) in [5.74, 6) is 1.96. The summed E-state index contributed by atoms with van der Waals surface area (Å²) < 4.78 is 10.5. The molecule has 1 aromatic heterocycles. The smallest absolute Gasteiger partial charge is 0.257 e. The Labute approximate surface area is 129 Å². The summed E-state index contributed by atoms with van der Waals surface area (Å²) >= 11 is 0. The maximum absolute atomic E-state index is 5.33. The number of ether oxygens (including phenoxy) is 1. The summed E-state index contributed by atoms with van der Waals surface area (Å²) in [7, 11) is 3.64. The van der Waals surface area contributed by atoms with Crippen LogP contribution in [0.25, 0.3) is 11.5 Å². The molecule has 2 aromatic carbocycles. The molecule has 0 saturated carbocycles. The molecule has 0 saturated heterocycles. The van der Waals surface area contributed by atoms with Crippen LogP contribution in [0, 0.1) is 0 Å². The molecule has 5 nitrogen and oxygen atoms in total. The van der Waals surface area contributed by atoms with Gasteiger partial charge in [-0.05, 0) is 36.4 Å². The summed E-state index contributed by atoms with van der Waals surface area (Å²) in [6.45, 7) is 0.587. The number of methoxy groups -OCH3 is 1. The Bertz CT molecular complexity index is 723. The van der Waals surface area contributed by atoms with Crippen LogP contribution in [-0.4, -0.2) is 24.3 Å². The quantitative estimate of drug-likeness (QED) is 0.722. The SMILES string of the molecule is COc1ccc(-c2nc(CN(C)c3ccccc3)no2)cc1. The van der Waals surface area contributed by atoms with E-state index in [4.69, 9.17) is 9.26 Å². The number of nitrogens with zero attached hydrogens (tertiary/aromatic N) is 3. The Kier molecular flexibility index (Phi) is 4.05. The lowest BCUT2D eigenvalue weighted by atomic mass is 10.2. The zero-order chi connectivity index (χ0) is 15.4. The number of aromatic nitrogens is 2. The maximum Gasteiger partial charge on any atom is 0.257 e. The fraction of sp³-hybridized carbons (Fsp3) is 0.176. The molecule has 0 spiro atoms. The van der Waals surface area contributed by atoms with Gasteiger partial charge < -0.3 is 14.2 Å². The molecule has 5 heteroatoms. The number of rotatable bonds is 5. The third kappa shape index (κ3) is 3.09. The highest BCUT2D eigenvalue weighted by molar-refractivity contribution is 5.54. The first-order valence-corrected chi connectivity index (χ1v) is 6.99. The molecule has 3 rings (SSSR count). The lowest BCUT2D eigenvalue weighted by Crippen LogP contribution is -2.17. The zero-order valence-electron chi connectivity index (χ0n) is 12.6. The van der Waals surface area contributed by atoms with Crippen LogP contribution in [0.5, 0.6) is 5.75 Å². The van der Waals surface area contributed by atoms with Gasteiger partial charge in [-0.15, -0.1) is 0 Å². The lowest BCUT2D eigenvalue weighted by molar-refractivity contribution is 0.414. The summed E-state index contributed by atoms with van der Waals surface area (Å²) in [5.41, 5.74) is 1.99. The first-order valence-electron chi connectivity index (χ1n) is 6.99. The molecular formula is C17H17N3O2. The van der Waals surface area contributed by atoms with Crippen molar-refractivity contribution in [2.45, 2.75) is 6.54 Å². The van der Waals surface area contributed by atoms with Gasteiger partial charge in [-0.1, -0.05) is 23.4 Å². The minimum Gasteiger partial charge on any atom is -0.497 e. The van der Waals surface area contributed by atoms with Crippen molar-refractivity contribution < 1.29 is 9.26 Å². The molecule has 0 radical (unpaired) electrons. The molecule has 0 amide bonds. The second-order valence-corrected chi connectivity index (χ2v) is 4.94. The van der Waals surface area contributed by atoms with Gasteiger partial charge in [-0.25, -0.2) is 0 Å². The van der Waals surface area contributed by atoms with Crippen LogP contribution in [0.2, 0.25) is 0 Å². The topological polar surface area (TPSA) is 51.4 Å². The zero-order valence-corrected chi connectivity index (χ0v) is 12.6. The fourth-order valence-corrected chi connectivity index (χ4v) is 2.15. The number of hydrogen-bond donors (Lipinski definition) is 0. The summed E-state index contributed by atoms with van der Waals surface area (Å²) in [6, 6.07) is 17.6. The van der Waals surface area contributed by atoms with E-state index in [-0.39, 0.29) is 0 Å². The van der Waals surface area contributed by atoms with Crippen LogP contribution >= 0.6 is 0 Å². The van der Waals surface area contributed by atoms with Gasteiger partial charge in [0.25, 0.3) is 5.89 Å². The van der Waals surface area contributed by atoms with E-state index >= 15 is 0 Å². The predicted octanol–water partition coefficient (Wildman–Crippen LogP) is 3.38. The molecule has 0 aliphatic heterocycles. The Balaban J connectivity index is 1.73. The molecule has 22 heavy (non-hydrogen) atoms. The van der Waals surface area contributed by atoms with Crippen molar-refractivity contribution in [3.05, 3.63) is 60.4 Å². The van der Waals surface area contributed by atoms with Crippen molar-refractivity contribution in [1.82, 2.24) is 10.1 Å². The van der Waals surface area contributed by atoms with Crippen molar-refractivity contribution in [3.63, 3.8) is 0 Å². The van der Waals surface area contributed by atoms with Gasteiger partial charge in [-0.3, -0.25) is 0 Å². The fourth-order valence-electron chi connectivity index (χ4n) is 2.15. The molecule has 1 heterocycles. The summed E-state index contributed by atoms with van der Waals surface area (Å²) in [6.07, 6.45) is 0. The van der Waals surface area contributed by atoms with Crippen LogP contribution < -0.4 is 9.64 Å². The molecule has 0 aliphatic rings.